The van der Waals surface area contributed by atoms with Gasteiger partial charge in [-0.3, -0.25) is 4.79 Å². The Morgan fingerprint density at radius 3 is 2.89 bits per heavy atom. The van der Waals surface area contributed by atoms with Gasteiger partial charge in [-0.15, -0.1) is 0 Å². The molecule has 1 amide bonds. The quantitative estimate of drug-likeness (QED) is 0.766. The van der Waals surface area contributed by atoms with Gasteiger partial charge in [0.05, 0.1) is 0 Å². The highest BCUT2D eigenvalue weighted by Gasteiger charge is 2.28. The second kappa shape index (κ2) is 6.57. The van der Waals surface area contributed by atoms with E-state index in [9.17, 15) is 4.79 Å². The van der Waals surface area contributed by atoms with E-state index >= 15 is 0 Å². The van der Waals surface area contributed by atoms with Crippen molar-refractivity contribution in [1.29, 1.82) is 0 Å². The Labute approximate surface area is 114 Å². The summed E-state index contributed by atoms with van der Waals surface area (Å²) in [4.78, 5) is 14.1. The lowest BCUT2D eigenvalue weighted by Crippen LogP contribution is -2.40. The highest BCUT2D eigenvalue weighted by Crippen LogP contribution is 2.25. The van der Waals surface area contributed by atoms with Crippen molar-refractivity contribution in [2.45, 2.75) is 31.7 Å². The third-order valence-electron chi connectivity index (χ3n) is 3.60. The van der Waals surface area contributed by atoms with Crippen LogP contribution in [0.15, 0.2) is 24.3 Å². The molecule has 0 radical (unpaired) electrons. The molecule has 0 saturated carbocycles. The number of para-hydroxylation sites is 1. The van der Waals surface area contributed by atoms with Crippen molar-refractivity contribution in [3.8, 4) is 0 Å². The zero-order valence-corrected chi connectivity index (χ0v) is 11.4. The minimum Gasteiger partial charge on any atom is -0.396 e. The van der Waals surface area contributed by atoms with Crippen LogP contribution in [-0.2, 0) is 11.2 Å². The average Bonchev–Trinajstić information content (AvgIpc) is 2.86. The summed E-state index contributed by atoms with van der Waals surface area (Å²) in [5.41, 5.74) is 2.30. The van der Waals surface area contributed by atoms with E-state index in [1.807, 2.05) is 25.2 Å². The van der Waals surface area contributed by atoms with Crippen molar-refractivity contribution in [1.82, 2.24) is 4.90 Å². The molecule has 0 bridgehead atoms. The van der Waals surface area contributed by atoms with Crippen molar-refractivity contribution < 1.29 is 9.90 Å². The maximum absolute atomic E-state index is 12.3. The fourth-order valence-corrected chi connectivity index (χ4v) is 2.46. The van der Waals surface area contributed by atoms with Crippen LogP contribution in [0.4, 0.5) is 5.69 Å². The number of fused-ring (bicyclic) bond motifs is 1. The van der Waals surface area contributed by atoms with Gasteiger partial charge < -0.3 is 15.3 Å². The highest BCUT2D eigenvalue weighted by atomic mass is 16.2. The van der Waals surface area contributed by atoms with Crippen LogP contribution in [0.25, 0.3) is 0 Å². The van der Waals surface area contributed by atoms with E-state index in [1.165, 1.54) is 5.56 Å². The van der Waals surface area contributed by atoms with Crippen LogP contribution in [0.2, 0.25) is 0 Å². The second-order valence-corrected chi connectivity index (χ2v) is 5.10. The van der Waals surface area contributed by atoms with E-state index in [-0.39, 0.29) is 18.6 Å². The van der Waals surface area contributed by atoms with Crippen LogP contribution in [0.1, 0.15) is 24.8 Å². The van der Waals surface area contributed by atoms with Gasteiger partial charge in [-0.25, -0.2) is 0 Å². The number of unbranched alkanes of at least 4 members (excludes halogenated alkanes) is 2. The number of benzene rings is 1. The molecular weight excluding hydrogens is 240 g/mol. The normalized spacial score (nSPS) is 16.8. The number of amides is 1. The van der Waals surface area contributed by atoms with Crippen molar-refractivity contribution in [3.05, 3.63) is 29.8 Å². The number of aliphatic hydroxyl groups is 1. The lowest BCUT2D eigenvalue weighted by molar-refractivity contribution is -0.130. The second-order valence-electron chi connectivity index (χ2n) is 5.10. The van der Waals surface area contributed by atoms with Crippen LogP contribution in [0.5, 0.6) is 0 Å². The summed E-state index contributed by atoms with van der Waals surface area (Å²) in [6.45, 7) is 0.991. The molecule has 0 spiro atoms. The van der Waals surface area contributed by atoms with Crippen LogP contribution in [0.3, 0.4) is 0 Å². The van der Waals surface area contributed by atoms with Crippen molar-refractivity contribution in [2.75, 3.05) is 25.5 Å². The van der Waals surface area contributed by atoms with Gasteiger partial charge in [-0.2, -0.15) is 0 Å². The van der Waals surface area contributed by atoms with Gasteiger partial charge in [0.1, 0.15) is 6.04 Å². The molecule has 1 aliphatic heterocycles. The fourth-order valence-electron chi connectivity index (χ4n) is 2.46. The summed E-state index contributed by atoms with van der Waals surface area (Å²) in [6.07, 6.45) is 3.50. The molecule has 1 atom stereocenters. The van der Waals surface area contributed by atoms with Gasteiger partial charge in [0.2, 0.25) is 5.91 Å². The largest absolute Gasteiger partial charge is 0.396 e. The summed E-state index contributed by atoms with van der Waals surface area (Å²) in [6, 6.07) is 7.95. The number of rotatable bonds is 6. The van der Waals surface area contributed by atoms with E-state index in [0.717, 1.165) is 37.9 Å². The first kappa shape index (κ1) is 13.9. The molecule has 19 heavy (non-hydrogen) atoms. The average molecular weight is 262 g/mol. The number of hydrogen-bond acceptors (Lipinski definition) is 3. The Kier molecular flexibility index (Phi) is 4.80. The van der Waals surface area contributed by atoms with E-state index in [2.05, 4.69) is 11.4 Å². The van der Waals surface area contributed by atoms with Crippen LogP contribution < -0.4 is 5.32 Å². The molecule has 1 aromatic carbocycles. The first-order valence-electron chi connectivity index (χ1n) is 6.92. The maximum Gasteiger partial charge on any atom is 0.245 e. The van der Waals surface area contributed by atoms with Gasteiger partial charge in [0.25, 0.3) is 0 Å². The lowest BCUT2D eigenvalue weighted by atomic mass is 10.1. The minimum atomic E-state index is -0.125. The number of anilines is 1. The lowest BCUT2D eigenvalue weighted by Gasteiger charge is -2.21. The Morgan fingerprint density at radius 2 is 2.16 bits per heavy atom. The predicted octanol–water partition coefficient (Wildman–Crippen LogP) is 1.64. The molecule has 0 aromatic heterocycles. The Hall–Kier alpha value is -1.55. The molecule has 1 heterocycles. The SMILES string of the molecule is CN(CCCCCO)C(=O)[C@@H]1Cc2ccccc2N1. The molecule has 0 saturated heterocycles. The van der Waals surface area contributed by atoms with E-state index in [4.69, 9.17) is 5.11 Å². The zero-order valence-electron chi connectivity index (χ0n) is 11.4. The van der Waals surface area contributed by atoms with Gasteiger partial charge >= 0.3 is 0 Å². The van der Waals surface area contributed by atoms with Gasteiger partial charge in [-0.05, 0) is 30.9 Å². The highest BCUT2D eigenvalue weighted by molar-refractivity contribution is 5.87. The molecule has 0 fully saturated rings. The van der Waals surface area contributed by atoms with Crippen LogP contribution in [0, 0.1) is 0 Å². The third kappa shape index (κ3) is 3.47. The third-order valence-corrected chi connectivity index (χ3v) is 3.60. The van der Waals surface area contributed by atoms with E-state index < -0.39 is 0 Å². The standard InChI is InChI=1S/C15H22N2O2/c1-17(9-5-2-6-10-18)15(19)14-11-12-7-3-4-8-13(12)16-14/h3-4,7-8,14,16,18H,2,5-6,9-11H2,1H3/t14-/m0/s1. The van der Waals surface area contributed by atoms with Crippen molar-refractivity contribution in [3.63, 3.8) is 0 Å². The first-order chi connectivity index (χ1) is 9.22. The van der Waals surface area contributed by atoms with Gasteiger partial charge in [0.15, 0.2) is 0 Å². The number of nitrogens with zero attached hydrogens (tertiary/aromatic N) is 1. The molecule has 0 aliphatic carbocycles. The Morgan fingerprint density at radius 1 is 1.37 bits per heavy atom. The minimum absolute atomic E-state index is 0.125. The molecule has 1 aromatic rings. The zero-order chi connectivity index (χ0) is 13.7. The topological polar surface area (TPSA) is 52.6 Å². The molecule has 4 heteroatoms. The molecule has 4 nitrogen and oxygen atoms in total. The Bertz CT molecular complexity index is 409. The molecule has 2 N–H and O–H groups in total. The van der Waals surface area contributed by atoms with Crippen molar-refractivity contribution >= 4 is 11.6 Å². The number of carbonyl (C=O) groups is 1. The summed E-state index contributed by atoms with van der Waals surface area (Å²) in [5.74, 6) is 0.153. The predicted molar refractivity (Wildman–Crippen MR) is 76.1 cm³/mol. The Balaban J connectivity index is 1.81. The number of carbonyl (C=O) groups excluding carboxylic acids is 1. The van der Waals surface area contributed by atoms with Crippen LogP contribution >= 0.6 is 0 Å². The summed E-state index contributed by atoms with van der Waals surface area (Å²) in [7, 11) is 1.85. The first-order valence-corrected chi connectivity index (χ1v) is 6.92. The molecule has 1 aliphatic rings. The number of nitrogens with one attached hydrogen (secondary N) is 1. The van der Waals surface area contributed by atoms with Crippen LogP contribution in [-0.4, -0.2) is 42.2 Å². The molecule has 104 valence electrons. The van der Waals surface area contributed by atoms with Gasteiger partial charge in [-0.1, -0.05) is 18.2 Å². The maximum atomic E-state index is 12.3. The fraction of sp³-hybridized carbons (Fsp3) is 0.533. The number of aliphatic hydroxyl groups excluding tert-OH is 1. The smallest absolute Gasteiger partial charge is 0.245 e. The molecule has 0 unspecified atom stereocenters. The summed E-state index contributed by atoms with van der Waals surface area (Å²) < 4.78 is 0. The number of hydrogen-bond donors (Lipinski definition) is 2. The summed E-state index contributed by atoms with van der Waals surface area (Å²) in [5, 5.41) is 12.0. The summed E-state index contributed by atoms with van der Waals surface area (Å²) >= 11 is 0. The number of likely N-dealkylation sites (N-methyl/N-ethyl adjacent to an activating group) is 1. The monoisotopic (exact) mass is 262 g/mol. The molecular formula is C15H22N2O2. The van der Waals surface area contributed by atoms with E-state index in [1.54, 1.807) is 4.90 Å². The molecule has 2 rings (SSSR count). The van der Waals surface area contributed by atoms with Gasteiger partial charge in [0, 0.05) is 32.3 Å². The van der Waals surface area contributed by atoms with E-state index in [0.29, 0.717) is 0 Å². The van der Waals surface area contributed by atoms with Crippen molar-refractivity contribution in [2.24, 2.45) is 0 Å².